The number of cyclic esters (lactones) is 1. The maximum absolute atomic E-state index is 11.2. The number of hydrogen-bond acceptors (Lipinski definition) is 3. The van der Waals surface area contributed by atoms with E-state index in [0.29, 0.717) is 12.2 Å². The molecular formula is C12H22O3Si. The number of rotatable bonds is 3. The van der Waals surface area contributed by atoms with Crippen LogP contribution >= 0.6 is 0 Å². The molecule has 0 unspecified atom stereocenters. The molecule has 0 amide bonds. The highest BCUT2D eigenvalue weighted by molar-refractivity contribution is 6.74. The molecule has 0 aromatic heterocycles. The van der Waals surface area contributed by atoms with E-state index in [4.69, 9.17) is 9.16 Å². The van der Waals surface area contributed by atoms with E-state index >= 15 is 0 Å². The topological polar surface area (TPSA) is 35.5 Å². The van der Waals surface area contributed by atoms with Crippen molar-refractivity contribution < 1.29 is 14.0 Å². The summed E-state index contributed by atoms with van der Waals surface area (Å²) in [6.07, 6.45) is 1.65. The van der Waals surface area contributed by atoms with Crippen LogP contribution in [0.1, 0.15) is 27.7 Å². The first-order valence-corrected chi connectivity index (χ1v) is 8.58. The van der Waals surface area contributed by atoms with Crippen LogP contribution in [0.25, 0.3) is 0 Å². The third kappa shape index (κ3) is 2.95. The summed E-state index contributed by atoms with van der Waals surface area (Å²) in [7, 11) is -1.74. The highest BCUT2D eigenvalue weighted by atomic mass is 28.4. The highest BCUT2D eigenvalue weighted by Crippen LogP contribution is 2.36. The van der Waals surface area contributed by atoms with E-state index in [0.717, 1.165) is 0 Å². The molecule has 16 heavy (non-hydrogen) atoms. The molecule has 0 radical (unpaired) electrons. The van der Waals surface area contributed by atoms with Crippen LogP contribution in [0.5, 0.6) is 0 Å². The summed E-state index contributed by atoms with van der Waals surface area (Å²) in [6, 6.07) is 0. The molecule has 0 fully saturated rings. The molecule has 1 aliphatic heterocycles. The largest absolute Gasteiger partial charge is 0.452 e. The van der Waals surface area contributed by atoms with Gasteiger partial charge in [0.1, 0.15) is 6.10 Å². The summed E-state index contributed by atoms with van der Waals surface area (Å²) in [5.74, 6) is -0.219. The molecule has 3 nitrogen and oxygen atoms in total. The van der Waals surface area contributed by atoms with E-state index in [1.54, 1.807) is 6.92 Å². The van der Waals surface area contributed by atoms with Gasteiger partial charge in [0.25, 0.3) is 0 Å². The lowest BCUT2D eigenvalue weighted by Gasteiger charge is -2.36. The molecule has 4 heteroatoms. The molecule has 0 N–H and O–H groups in total. The van der Waals surface area contributed by atoms with Crippen molar-refractivity contribution in [2.45, 2.75) is 51.9 Å². The minimum absolute atomic E-state index is 0.189. The standard InChI is InChI=1S/C12H22O3Si/c1-9-7-10(15-11(9)13)8-14-16(5,6)12(2,3)4/h7,10H,8H2,1-6H3/t10-/m0/s1. The van der Waals surface area contributed by atoms with Gasteiger partial charge < -0.3 is 9.16 Å². The minimum atomic E-state index is -1.74. The number of hydrogen-bond donors (Lipinski definition) is 0. The van der Waals surface area contributed by atoms with Crippen LogP contribution in [0, 0.1) is 0 Å². The van der Waals surface area contributed by atoms with Crippen molar-refractivity contribution in [2.24, 2.45) is 0 Å². The summed E-state index contributed by atoms with van der Waals surface area (Å²) in [5.41, 5.74) is 0.684. The Morgan fingerprint density at radius 1 is 1.44 bits per heavy atom. The molecule has 1 rings (SSSR count). The second-order valence-electron chi connectivity index (χ2n) is 5.86. The molecule has 0 aromatic carbocycles. The molecule has 0 bridgehead atoms. The van der Waals surface area contributed by atoms with E-state index < -0.39 is 8.32 Å². The van der Waals surface area contributed by atoms with Crippen molar-refractivity contribution in [3.63, 3.8) is 0 Å². The van der Waals surface area contributed by atoms with E-state index in [2.05, 4.69) is 33.9 Å². The lowest BCUT2D eigenvalue weighted by molar-refractivity contribution is -0.140. The molecule has 92 valence electrons. The Hall–Kier alpha value is -0.613. The predicted octanol–water partition coefficient (Wildman–Crippen LogP) is 2.88. The lowest BCUT2D eigenvalue weighted by Crippen LogP contribution is -2.42. The summed E-state index contributed by atoms with van der Waals surface area (Å²) in [5, 5.41) is 0.189. The van der Waals surface area contributed by atoms with Gasteiger partial charge in [-0.15, -0.1) is 0 Å². The molecule has 0 aromatic rings. The second kappa shape index (κ2) is 4.34. The van der Waals surface area contributed by atoms with Gasteiger partial charge in [-0.25, -0.2) is 4.79 Å². The summed E-state index contributed by atoms with van der Waals surface area (Å²) >= 11 is 0. The molecule has 0 spiro atoms. The zero-order valence-electron chi connectivity index (χ0n) is 11.1. The van der Waals surface area contributed by atoms with Gasteiger partial charge in [0, 0.05) is 5.57 Å². The van der Waals surface area contributed by atoms with Gasteiger partial charge in [-0.05, 0) is 31.1 Å². The first-order chi connectivity index (χ1) is 7.13. The molecule has 0 saturated carbocycles. The number of carbonyl (C=O) groups is 1. The Morgan fingerprint density at radius 2 is 2.00 bits per heavy atom. The minimum Gasteiger partial charge on any atom is -0.452 e. The van der Waals surface area contributed by atoms with Gasteiger partial charge >= 0.3 is 5.97 Å². The van der Waals surface area contributed by atoms with Gasteiger partial charge in [-0.1, -0.05) is 20.8 Å². The van der Waals surface area contributed by atoms with Gasteiger partial charge in [-0.3, -0.25) is 0 Å². The molecule has 0 saturated heterocycles. The monoisotopic (exact) mass is 242 g/mol. The van der Waals surface area contributed by atoms with Crippen LogP contribution in [-0.4, -0.2) is 27.0 Å². The zero-order valence-corrected chi connectivity index (χ0v) is 12.1. The SMILES string of the molecule is CC1=C[C@@H](CO[Si](C)(C)C(C)(C)C)OC1=O. The van der Waals surface area contributed by atoms with Crippen molar-refractivity contribution in [1.82, 2.24) is 0 Å². The summed E-state index contributed by atoms with van der Waals surface area (Å²) < 4.78 is 11.1. The Bertz CT molecular complexity index is 313. The van der Waals surface area contributed by atoms with Crippen LogP contribution in [0.15, 0.2) is 11.6 Å². The Labute approximate surface area is 99.0 Å². The first-order valence-electron chi connectivity index (χ1n) is 5.67. The van der Waals surface area contributed by atoms with Gasteiger partial charge in [0.05, 0.1) is 6.61 Å². The van der Waals surface area contributed by atoms with Crippen LogP contribution in [0.4, 0.5) is 0 Å². The summed E-state index contributed by atoms with van der Waals surface area (Å²) in [6.45, 7) is 13.2. The zero-order chi connectivity index (χ0) is 12.6. The van der Waals surface area contributed by atoms with Gasteiger partial charge in [0.15, 0.2) is 8.32 Å². The van der Waals surface area contributed by atoms with Crippen LogP contribution in [-0.2, 0) is 14.0 Å². The normalized spacial score (nSPS) is 22.0. The van der Waals surface area contributed by atoms with Crippen molar-refractivity contribution in [3.8, 4) is 0 Å². The van der Waals surface area contributed by atoms with E-state index in [1.165, 1.54) is 0 Å². The first kappa shape index (κ1) is 13.5. The number of esters is 1. The van der Waals surface area contributed by atoms with Crippen molar-refractivity contribution in [3.05, 3.63) is 11.6 Å². The van der Waals surface area contributed by atoms with Crippen molar-refractivity contribution >= 4 is 14.3 Å². The van der Waals surface area contributed by atoms with E-state index in [9.17, 15) is 4.79 Å². The highest BCUT2D eigenvalue weighted by Gasteiger charge is 2.38. The van der Waals surface area contributed by atoms with Crippen LogP contribution in [0.3, 0.4) is 0 Å². The van der Waals surface area contributed by atoms with Crippen molar-refractivity contribution in [2.75, 3.05) is 6.61 Å². The van der Waals surface area contributed by atoms with Crippen LogP contribution < -0.4 is 0 Å². The second-order valence-corrected chi connectivity index (χ2v) is 10.7. The van der Waals surface area contributed by atoms with Gasteiger partial charge in [0.2, 0.25) is 0 Å². The lowest BCUT2D eigenvalue weighted by atomic mass is 10.2. The van der Waals surface area contributed by atoms with E-state index in [-0.39, 0.29) is 17.1 Å². The molecule has 1 atom stereocenters. The fourth-order valence-corrected chi connectivity index (χ4v) is 2.21. The number of carbonyl (C=O) groups excluding carboxylic acids is 1. The fourth-order valence-electron chi connectivity index (χ4n) is 1.20. The third-order valence-electron chi connectivity index (χ3n) is 3.43. The Balaban J connectivity index is 2.51. The average Bonchev–Trinajstić information content (AvgIpc) is 2.41. The van der Waals surface area contributed by atoms with Crippen molar-refractivity contribution in [1.29, 1.82) is 0 Å². The molecule has 1 heterocycles. The quantitative estimate of drug-likeness (QED) is 0.564. The van der Waals surface area contributed by atoms with E-state index in [1.807, 2.05) is 6.08 Å². The maximum Gasteiger partial charge on any atom is 0.334 e. The molecule has 0 aliphatic carbocycles. The van der Waals surface area contributed by atoms with Gasteiger partial charge in [-0.2, -0.15) is 0 Å². The van der Waals surface area contributed by atoms with Crippen LogP contribution in [0.2, 0.25) is 18.1 Å². The predicted molar refractivity (Wildman–Crippen MR) is 66.8 cm³/mol. The molecule has 1 aliphatic rings. The Kier molecular flexibility index (Phi) is 3.64. The maximum atomic E-state index is 11.2. The average molecular weight is 242 g/mol. The number of ether oxygens (including phenoxy) is 1. The fraction of sp³-hybridized carbons (Fsp3) is 0.750. The Morgan fingerprint density at radius 3 is 2.38 bits per heavy atom. The molecular weight excluding hydrogens is 220 g/mol. The smallest absolute Gasteiger partial charge is 0.334 e. The summed E-state index contributed by atoms with van der Waals surface area (Å²) in [4.78, 5) is 11.2. The third-order valence-corrected chi connectivity index (χ3v) is 7.93.